The molecular weight excluding hydrogens is 363 g/mol. The Bertz CT molecular complexity index is 843. The number of non-ortho nitro benzene ring substituents is 1. The number of nitrogens with zero attached hydrogens (tertiary/aromatic N) is 3. The lowest BCUT2D eigenvalue weighted by atomic mass is 10.2. The number of hydrogen-bond donors (Lipinski definition) is 1. The summed E-state index contributed by atoms with van der Waals surface area (Å²) in [7, 11) is 0. The number of benzene rings is 1. The van der Waals surface area contributed by atoms with Crippen molar-refractivity contribution in [2.24, 2.45) is 10.2 Å². The minimum atomic E-state index is -5.25. The fourth-order valence-electron chi connectivity index (χ4n) is 1.61. The molecule has 130 valence electrons. The summed E-state index contributed by atoms with van der Waals surface area (Å²) in [5.41, 5.74) is -1.55. The summed E-state index contributed by atoms with van der Waals surface area (Å²) in [6.45, 7) is 0. The molecule has 0 atom stereocenters. The molecule has 0 aliphatic carbocycles. The molecule has 1 N–H and O–H groups in total. The molecule has 0 amide bonds. The van der Waals surface area contributed by atoms with E-state index in [1.54, 1.807) is 0 Å². The summed E-state index contributed by atoms with van der Waals surface area (Å²) in [5, 5.41) is 28.6. The number of thiophene rings is 1. The van der Waals surface area contributed by atoms with E-state index in [9.17, 15) is 33.2 Å². The van der Waals surface area contributed by atoms with E-state index in [2.05, 4.69) is 10.2 Å². The first kappa shape index (κ1) is 18.3. The Morgan fingerprint density at radius 1 is 1.20 bits per heavy atom. The van der Waals surface area contributed by atoms with Crippen molar-refractivity contribution in [1.82, 2.24) is 0 Å². The van der Waals surface area contributed by atoms with Gasteiger partial charge in [-0.1, -0.05) is 6.07 Å². The summed E-state index contributed by atoms with van der Waals surface area (Å²) >= 11 is 0.910. The second-order valence-electron chi connectivity index (χ2n) is 4.47. The van der Waals surface area contributed by atoms with Gasteiger partial charge in [0.1, 0.15) is 0 Å². The van der Waals surface area contributed by atoms with Gasteiger partial charge in [-0.15, -0.1) is 16.5 Å². The molecule has 1 heterocycles. The SMILES string of the molecule is O=C(/C(N=Nc1ccc([N+](=O)[O-])cc1)=C(\O)c1cccs1)C(F)(F)F. The largest absolute Gasteiger partial charge is 0.504 e. The third kappa shape index (κ3) is 4.47. The van der Waals surface area contributed by atoms with Crippen molar-refractivity contribution in [2.45, 2.75) is 6.18 Å². The van der Waals surface area contributed by atoms with Crippen LogP contribution in [0.1, 0.15) is 4.88 Å². The number of ketones is 1. The molecule has 0 spiro atoms. The molecule has 0 unspecified atom stereocenters. The number of allylic oxidation sites excluding steroid dienone is 1. The zero-order chi connectivity index (χ0) is 18.6. The van der Waals surface area contributed by atoms with E-state index >= 15 is 0 Å². The van der Waals surface area contributed by atoms with E-state index in [0.717, 1.165) is 35.6 Å². The summed E-state index contributed by atoms with van der Waals surface area (Å²) in [6.07, 6.45) is -5.25. The number of alkyl halides is 3. The molecule has 0 saturated carbocycles. The number of aliphatic hydroxyl groups excluding tert-OH is 1. The minimum Gasteiger partial charge on any atom is -0.504 e. The van der Waals surface area contributed by atoms with Crippen molar-refractivity contribution in [3.05, 3.63) is 62.5 Å². The highest BCUT2D eigenvalue weighted by Crippen LogP contribution is 2.29. The Balaban J connectivity index is 2.41. The molecule has 25 heavy (non-hydrogen) atoms. The van der Waals surface area contributed by atoms with Crippen molar-refractivity contribution >= 4 is 34.3 Å². The molecule has 0 fully saturated rings. The van der Waals surface area contributed by atoms with Gasteiger partial charge in [-0.25, -0.2) is 0 Å². The van der Waals surface area contributed by atoms with Gasteiger partial charge < -0.3 is 5.11 Å². The smallest absolute Gasteiger partial charge is 0.456 e. The van der Waals surface area contributed by atoms with Gasteiger partial charge in [0.25, 0.3) is 11.5 Å². The van der Waals surface area contributed by atoms with Crippen molar-refractivity contribution in [3.8, 4) is 0 Å². The molecule has 7 nitrogen and oxygen atoms in total. The van der Waals surface area contributed by atoms with Crippen LogP contribution in [0, 0.1) is 10.1 Å². The number of carbonyl (C=O) groups is 1. The lowest BCUT2D eigenvalue weighted by Gasteiger charge is -2.06. The van der Waals surface area contributed by atoms with Crippen molar-refractivity contribution < 1.29 is 28.0 Å². The number of nitro groups is 1. The van der Waals surface area contributed by atoms with Gasteiger partial charge in [-0.2, -0.15) is 18.3 Å². The Hall–Kier alpha value is -3.08. The average molecular weight is 371 g/mol. The second kappa shape index (κ2) is 7.21. The molecule has 2 rings (SSSR count). The van der Waals surface area contributed by atoms with Gasteiger partial charge in [0.2, 0.25) is 0 Å². The Morgan fingerprint density at radius 3 is 2.32 bits per heavy atom. The van der Waals surface area contributed by atoms with Crippen LogP contribution in [0.4, 0.5) is 24.5 Å². The van der Waals surface area contributed by atoms with E-state index in [1.807, 2.05) is 0 Å². The molecule has 1 aromatic heterocycles. The first-order valence-corrected chi connectivity index (χ1v) is 7.33. The summed E-state index contributed by atoms with van der Waals surface area (Å²) < 4.78 is 38.1. The Labute approximate surface area is 141 Å². The van der Waals surface area contributed by atoms with Gasteiger partial charge in [-0.3, -0.25) is 14.9 Å². The molecule has 2 aromatic rings. The van der Waals surface area contributed by atoms with Crippen LogP contribution in [0.2, 0.25) is 0 Å². The number of halogens is 3. The predicted molar refractivity (Wildman–Crippen MR) is 82.5 cm³/mol. The number of Topliss-reactive ketones (excluding diaryl/α,β-unsaturated/α-hetero) is 1. The highest BCUT2D eigenvalue weighted by molar-refractivity contribution is 7.11. The topological polar surface area (TPSA) is 105 Å². The minimum absolute atomic E-state index is 0.00949. The van der Waals surface area contributed by atoms with Crippen molar-refractivity contribution in [2.75, 3.05) is 0 Å². The molecule has 0 radical (unpaired) electrons. The molecule has 0 bridgehead atoms. The second-order valence-corrected chi connectivity index (χ2v) is 5.42. The van der Waals surface area contributed by atoms with E-state index < -0.39 is 28.3 Å². The van der Waals surface area contributed by atoms with Crippen LogP contribution >= 0.6 is 11.3 Å². The van der Waals surface area contributed by atoms with Crippen LogP contribution in [0.5, 0.6) is 0 Å². The Morgan fingerprint density at radius 2 is 1.84 bits per heavy atom. The number of hydrogen-bond acceptors (Lipinski definition) is 7. The number of azo groups is 1. The lowest BCUT2D eigenvalue weighted by molar-refractivity contribution is -0.384. The maximum absolute atomic E-state index is 12.7. The number of aliphatic hydroxyl groups is 1. The zero-order valence-electron chi connectivity index (χ0n) is 12.1. The van der Waals surface area contributed by atoms with Gasteiger partial charge in [-0.05, 0) is 23.6 Å². The van der Waals surface area contributed by atoms with Gasteiger partial charge in [0, 0.05) is 12.1 Å². The quantitative estimate of drug-likeness (QED) is 0.268. The standard InChI is InChI=1S/C14H8F3N3O4S/c15-14(16,17)13(22)11(12(21)10-2-1-7-25-10)19-18-8-3-5-9(6-4-8)20(23)24/h1-7,21H/b12-11+,19-18?. The molecule has 1 aromatic carbocycles. The molecule has 0 saturated heterocycles. The first-order chi connectivity index (χ1) is 11.7. The fraction of sp³-hybridized carbons (Fsp3) is 0.0714. The average Bonchev–Trinajstić information content (AvgIpc) is 3.08. The molecule has 11 heteroatoms. The highest BCUT2D eigenvalue weighted by Gasteiger charge is 2.43. The molecule has 0 aliphatic heterocycles. The summed E-state index contributed by atoms with van der Waals surface area (Å²) in [5.74, 6) is -3.31. The summed E-state index contributed by atoms with van der Waals surface area (Å²) in [4.78, 5) is 21.4. The van der Waals surface area contributed by atoms with Gasteiger partial charge >= 0.3 is 6.18 Å². The third-order valence-corrected chi connectivity index (χ3v) is 3.65. The van der Waals surface area contributed by atoms with E-state index in [0.29, 0.717) is 0 Å². The number of rotatable bonds is 5. The maximum Gasteiger partial charge on any atom is 0.456 e. The molecule has 0 aliphatic rings. The fourth-order valence-corrected chi connectivity index (χ4v) is 2.28. The third-order valence-electron chi connectivity index (χ3n) is 2.78. The van der Waals surface area contributed by atoms with Crippen LogP contribution < -0.4 is 0 Å². The zero-order valence-corrected chi connectivity index (χ0v) is 12.9. The van der Waals surface area contributed by atoms with E-state index in [-0.39, 0.29) is 16.3 Å². The maximum atomic E-state index is 12.7. The monoisotopic (exact) mass is 371 g/mol. The number of carbonyl (C=O) groups excluding carboxylic acids is 1. The summed E-state index contributed by atoms with van der Waals surface area (Å²) in [6, 6.07) is 7.20. The van der Waals surface area contributed by atoms with Crippen molar-refractivity contribution in [1.29, 1.82) is 0 Å². The predicted octanol–water partition coefficient (Wildman–Crippen LogP) is 4.80. The lowest BCUT2D eigenvalue weighted by Crippen LogP contribution is -2.24. The Kier molecular flexibility index (Phi) is 5.27. The van der Waals surface area contributed by atoms with Gasteiger partial charge in [0.05, 0.1) is 15.5 Å². The highest BCUT2D eigenvalue weighted by atomic mass is 32.1. The van der Waals surface area contributed by atoms with Crippen molar-refractivity contribution in [3.63, 3.8) is 0 Å². The van der Waals surface area contributed by atoms with Crippen LogP contribution in [-0.2, 0) is 4.79 Å². The first-order valence-electron chi connectivity index (χ1n) is 6.45. The van der Waals surface area contributed by atoms with Crippen LogP contribution in [0.25, 0.3) is 5.76 Å². The van der Waals surface area contributed by atoms with Crippen LogP contribution in [0.15, 0.2) is 57.7 Å². The molecular formula is C14H8F3N3O4S. The van der Waals surface area contributed by atoms with Crippen LogP contribution in [-0.4, -0.2) is 22.0 Å². The van der Waals surface area contributed by atoms with E-state index in [1.165, 1.54) is 17.5 Å². The van der Waals surface area contributed by atoms with Gasteiger partial charge in [0.15, 0.2) is 11.5 Å². The van der Waals surface area contributed by atoms with Crippen LogP contribution in [0.3, 0.4) is 0 Å². The van der Waals surface area contributed by atoms with E-state index in [4.69, 9.17) is 0 Å². The number of nitro benzene ring substituents is 1. The normalized spacial score (nSPS) is 12.9.